The van der Waals surface area contributed by atoms with Gasteiger partial charge in [0.25, 0.3) is 0 Å². The molecule has 0 fully saturated rings. The number of nitrogens with one attached hydrogen (secondary N) is 2. The van der Waals surface area contributed by atoms with Gasteiger partial charge >= 0.3 is 0 Å². The number of aliphatic imine (C=N–C) groups is 1. The Morgan fingerprint density at radius 1 is 1.17 bits per heavy atom. The van der Waals surface area contributed by atoms with Crippen LogP contribution in [0.15, 0.2) is 23.2 Å². The average molecular weight is 321 g/mol. The summed E-state index contributed by atoms with van der Waals surface area (Å²) in [4.78, 5) is 4.23. The Morgan fingerprint density at radius 2 is 2.00 bits per heavy atom. The maximum Gasteiger partial charge on any atom is 0.191 e. The fourth-order valence-electron chi connectivity index (χ4n) is 2.09. The van der Waals surface area contributed by atoms with E-state index in [0.29, 0.717) is 19.8 Å². The van der Waals surface area contributed by atoms with Crippen molar-refractivity contribution in [1.82, 2.24) is 10.6 Å². The minimum atomic E-state index is 0.665. The highest BCUT2D eigenvalue weighted by Crippen LogP contribution is 2.20. The lowest BCUT2D eigenvalue weighted by Gasteiger charge is -2.15. The van der Waals surface area contributed by atoms with E-state index in [1.807, 2.05) is 6.92 Å². The van der Waals surface area contributed by atoms with Gasteiger partial charge in [0, 0.05) is 32.3 Å². The van der Waals surface area contributed by atoms with Gasteiger partial charge < -0.3 is 20.1 Å². The minimum Gasteiger partial charge on any atom is -0.494 e. The molecule has 1 aromatic carbocycles. The molecular weight excluding hydrogens is 290 g/mol. The SMILES string of the molecule is CCCCOCCNC(=NC)NCc1ccc(C)cc1OCC. The van der Waals surface area contributed by atoms with Crippen LogP contribution in [0.2, 0.25) is 0 Å². The normalized spacial score (nSPS) is 11.4. The number of hydrogen-bond donors (Lipinski definition) is 2. The van der Waals surface area contributed by atoms with Crippen LogP contribution < -0.4 is 15.4 Å². The van der Waals surface area contributed by atoms with Gasteiger partial charge in [0.15, 0.2) is 5.96 Å². The van der Waals surface area contributed by atoms with Crippen molar-refractivity contribution in [1.29, 1.82) is 0 Å². The molecule has 0 aliphatic rings. The van der Waals surface area contributed by atoms with Gasteiger partial charge in [-0.15, -0.1) is 0 Å². The van der Waals surface area contributed by atoms with E-state index in [9.17, 15) is 0 Å². The van der Waals surface area contributed by atoms with Gasteiger partial charge in [0.2, 0.25) is 0 Å². The monoisotopic (exact) mass is 321 g/mol. The van der Waals surface area contributed by atoms with Crippen molar-refractivity contribution >= 4 is 5.96 Å². The van der Waals surface area contributed by atoms with E-state index in [2.05, 4.69) is 47.7 Å². The van der Waals surface area contributed by atoms with Crippen LogP contribution in [0.4, 0.5) is 0 Å². The lowest BCUT2D eigenvalue weighted by atomic mass is 10.1. The van der Waals surface area contributed by atoms with Crippen LogP contribution in [0.1, 0.15) is 37.8 Å². The molecule has 1 aromatic rings. The molecule has 0 saturated heterocycles. The van der Waals surface area contributed by atoms with Crippen LogP contribution in [-0.2, 0) is 11.3 Å². The standard InChI is InChI=1S/C18H31N3O2/c1-5-7-11-22-12-10-20-18(19-4)21-14-16-9-8-15(3)13-17(16)23-6-2/h8-9,13H,5-7,10-12,14H2,1-4H3,(H2,19,20,21). The molecule has 0 heterocycles. The molecular formula is C18H31N3O2. The lowest BCUT2D eigenvalue weighted by molar-refractivity contribution is 0.136. The molecule has 0 radical (unpaired) electrons. The van der Waals surface area contributed by atoms with E-state index in [1.165, 1.54) is 5.56 Å². The highest BCUT2D eigenvalue weighted by molar-refractivity contribution is 5.79. The van der Waals surface area contributed by atoms with Crippen molar-refractivity contribution in [3.63, 3.8) is 0 Å². The Bertz CT molecular complexity index is 475. The van der Waals surface area contributed by atoms with E-state index < -0.39 is 0 Å². The van der Waals surface area contributed by atoms with Crippen molar-refractivity contribution in [2.24, 2.45) is 4.99 Å². The maximum absolute atomic E-state index is 5.70. The summed E-state index contributed by atoms with van der Waals surface area (Å²) >= 11 is 0. The van der Waals surface area contributed by atoms with Gasteiger partial charge in [-0.2, -0.15) is 0 Å². The zero-order valence-electron chi connectivity index (χ0n) is 14.9. The van der Waals surface area contributed by atoms with Crippen molar-refractivity contribution < 1.29 is 9.47 Å². The fraction of sp³-hybridized carbons (Fsp3) is 0.611. The second-order valence-corrected chi connectivity index (χ2v) is 5.36. The zero-order valence-corrected chi connectivity index (χ0v) is 14.9. The molecule has 0 spiro atoms. The summed E-state index contributed by atoms with van der Waals surface area (Å²) in [7, 11) is 1.77. The minimum absolute atomic E-state index is 0.665. The molecule has 0 atom stereocenters. The Balaban J connectivity index is 2.39. The molecule has 130 valence electrons. The maximum atomic E-state index is 5.70. The number of benzene rings is 1. The van der Waals surface area contributed by atoms with E-state index in [-0.39, 0.29) is 0 Å². The molecule has 0 aliphatic heterocycles. The topological polar surface area (TPSA) is 54.9 Å². The molecule has 0 saturated carbocycles. The van der Waals surface area contributed by atoms with Crippen molar-refractivity contribution in [3.05, 3.63) is 29.3 Å². The third-order valence-electron chi connectivity index (χ3n) is 3.37. The van der Waals surface area contributed by atoms with Crippen LogP contribution in [0.5, 0.6) is 5.75 Å². The quantitative estimate of drug-likeness (QED) is 0.395. The van der Waals surface area contributed by atoms with Crippen LogP contribution in [-0.4, -0.2) is 39.4 Å². The third kappa shape index (κ3) is 7.88. The second kappa shape index (κ2) is 11.8. The Kier molecular flexibility index (Phi) is 9.87. The molecule has 0 aliphatic carbocycles. The number of guanidine groups is 1. The molecule has 0 unspecified atom stereocenters. The molecule has 1 rings (SSSR count). The predicted molar refractivity (Wildman–Crippen MR) is 96.3 cm³/mol. The van der Waals surface area contributed by atoms with Crippen LogP contribution in [0, 0.1) is 6.92 Å². The molecule has 5 nitrogen and oxygen atoms in total. The summed E-state index contributed by atoms with van der Waals surface area (Å²) in [6.45, 7) is 9.83. The van der Waals surface area contributed by atoms with E-state index in [0.717, 1.165) is 43.3 Å². The summed E-state index contributed by atoms with van der Waals surface area (Å²) in [6.07, 6.45) is 2.27. The van der Waals surface area contributed by atoms with Gasteiger partial charge in [0.1, 0.15) is 5.75 Å². The van der Waals surface area contributed by atoms with Gasteiger partial charge in [0.05, 0.1) is 13.2 Å². The lowest BCUT2D eigenvalue weighted by Crippen LogP contribution is -2.38. The van der Waals surface area contributed by atoms with Gasteiger partial charge in [-0.3, -0.25) is 4.99 Å². The summed E-state index contributed by atoms with van der Waals surface area (Å²) in [5, 5.41) is 6.56. The van der Waals surface area contributed by atoms with Crippen LogP contribution >= 0.6 is 0 Å². The molecule has 5 heteroatoms. The summed E-state index contributed by atoms with van der Waals surface area (Å²) in [5.41, 5.74) is 2.32. The van der Waals surface area contributed by atoms with Gasteiger partial charge in [-0.25, -0.2) is 0 Å². The Hall–Kier alpha value is -1.75. The molecule has 0 amide bonds. The van der Waals surface area contributed by atoms with Crippen LogP contribution in [0.3, 0.4) is 0 Å². The van der Waals surface area contributed by atoms with Crippen molar-refractivity contribution in [2.75, 3.05) is 33.4 Å². The zero-order chi connectivity index (χ0) is 16.9. The van der Waals surface area contributed by atoms with E-state index >= 15 is 0 Å². The molecule has 23 heavy (non-hydrogen) atoms. The first-order valence-corrected chi connectivity index (χ1v) is 8.45. The fourth-order valence-corrected chi connectivity index (χ4v) is 2.09. The van der Waals surface area contributed by atoms with Gasteiger partial charge in [-0.1, -0.05) is 25.5 Å². The van der Waals surface area contributed by atoms with Crippen molar-refractivity contribution in [3.8, 4) is 5.75 Å². The third-order valence-corrected chi connectivity index (χ3v) is 3.37. The largest absolute Gasteiger partial charge is 0.494 e. The van der Waals surface area contributed by atoms with Gasteiger partial charge in [-0.05, 0) is 31.9 Å². The smallest absolute Gasteiger partial charge is 0.191 e. The number of ether oxygens (including phenoxy) is 2. The highest BCUT2D eigenvalue weighted by atomic mass is 16.5. The summed E-state index contributed by atoms with van der Waals surface area (Å²) in [6, 6.07) is 6.25. The molecule has 0 aromatic heterocycles. The highest BCUT2D eigenvalue weighted by Gasteiger charge is 2.05. The number of hydrogen-bond acceptors (Lipinski definition) is 3. The predicted octanol–water partition coefficient (Wildman–Crippen LogP) is 2.88. The first-order valence-electron chi connectivity index (χ1n) is 8.45. The first-order chi connectivity index (χ1) is 11.2. The first kappa shape index (κ1) is 19.3. The Labute approximate surface area is 140 Å². The number of nitrogens with zero attached hydrogens (tertiary/aromatic N) is 1. The Morgan fingerprint density at radius 3 is 2.70 bits per heavy atom. The average Bonchev–Trinajstić information content (AvgIpc) is 2.55. The summed E-state index contributed by atoms with van der Waals surface area (Å²) < 4.78 is 11.2. The number of rotatable bonds is 10. The van der Waals surface area contributed by atoms with E-state index in [4.69, 9.17) is 9.47 Å². The molecule has 2 N–H and O–H groups in total. The summed E-state index contributed by atoms with van der Waals surface area (Å²) in [5.74, 6) is 1.70. The van der Waals surface area contributed by atoms with Crippen LogP contribution in [0.25, 0.3) is 0 Å². The second-order valence-electron chi connectivity index (χ2n) is 5.36. The number of aryl methyl sites for hydroxylation is 1. The number of unbranched alkanes of at least 4 members (excludes halogenated alkanes) is 1. The van der Waals surface area contributed by atoms with E-state index in [1.54, 1.807) is 7.05 Å². The molecule has 0 bridgehead atoms. The van der Waals surface area contributed by atoms with Crippen molar-refractivity contribution in [2.45, 2.75) is 40.2 Å².